The first-order valence-corrected chi connectivity index (χ1v) is 10.8. The maximum atomic E-state index is 14.6. The third-order valence-corrected chi connectivity index (χ3v) is 8.61. The molecular formula is C16H11Br2FO4S2. The number of carbonyl (C=O) groups excluding carboxylic acids is 2. The van der Waals surface area contributed by atoms with Crippen molar-refractivity contribution >= 4 is 76.6 Å². The summed E-state index contributed by atoms with van der Waals surface area (Å²) in [6, 6.07) is 0. The van der Waals surface area contributed by atoms with Crippen molar-refractivity contribution in [2.45, 2.75) is 25.4 Å². The van der Waals surface area contributed by atoms with E-state index in [1.807, 2.05) is 6.08 Å². The zero-order valence-corrected chi connectivity index (χ0v) is 17.4. The van der Waals surface area contributed by atoms with Crippen molar-refractivity contribution in [2.75, 3.05) is 0 Å². The van der Waals surface area contributed by atoms with E-state index in [0.717, 1.165) is 15.1 Å². The van der Waals surface area contributed by atoms with Crippen molar-refractivity contribution in [3.05, 3.63) is 30.6 Å². The summed E-state index contributed by atoms with van der Waals surface area (Å²) in [7, 11) is 0. The fraction of sp³-hybridized carbons (Fsp3) is 0.375. The Bertz CT molecular complexity index is 904. The third-order valence-electron chi connectivity index (χ3n) is 4.53. The van der Waals surface area contributed by atoms with Gasteiger partial charge in [0.25, 0.3) is 0 Å². The topological polar surface area (TPSA) is 52.6 Å². The van der Waals surface area contributed by atoms with Gasteiger partial charge in [-0.2, -0.15) is 0 Å². The van der Waals surface area contributed by atoms with Gasteiger partial charge in [-0.05, 0) is 63.1 Å². The molecule has 2 aromatic rings. The molecule has 3 heterocycles. The highest BCUT2D eigenvalue weighted by atomic mass is 79.9. The molecule has 2 aliphatic rings. The number of rotatable bonds is 2. The van der Waals surface area contributed by atoms with Crippen LogP contribution in [0.3, 0.4) is 0 Å². The molecule has 1 fully saturated rings. The van der Waals surface area contributed by atoms with E-state index >= 15 is 0 Å². The Hall–Kier alpha value is -0.770. The predicted molar refractivity (Wildman–Crippen MR) is 100 cm³/mol. The van der Waals surface area contributed by atoms with Crippen LogP contribution in [0.15, 0.2) is 19.9 Å². The lowest BCUT2D eigenvalue weighted by Gasteiger charge is -2.34. The van der Waals surface area contributed by atoms with E-state index in [-0.39, 0.29) is 28.8 Å². The molecule has 1 aliphatic carbocycles. The quantitative estimate of drug-likeness (QED) is 0.491. The first kappa shape index (κ1) is 17.6. The predicted octanol–water partition coefficient (Wildman–Crippen LogP) is 5.64. The molecule has 0 amide bonds. The average molecular weight is 510 g/mol. The molecule has 0 radical (unpaired) electrons. The molecule has 0 aromatic carbocycles. The van der Waals surface area contributed by atoms with Crippen molar-refractivity contribution in [2.24, 2.45) is 11.8 Å². The zero-order valence-electron chi connectivity index (χ0n) is 12.6. The van der Waals surface area contributed by atoms with Gasteiger partial charge in [0.15, 0.2) is 5.82 Å². The molecule has 3 unspecified atom stereocenters. The molecule has 132 valence electrons. The van der Waals surface area contributed by atoms with Crippen molar-refractivity contribution in [1.82, 2.24) is 0 Å². The van der Waals surface area contributed by atoms with Gasteiger partial charge in [-0.15, -0.1) is 22.7 Å². The number of thiophene rings is 2. The van der Waals surface area contributed by atoms with Crippen LogP contribution in [0.2, 0.25) is 0 Å². The highest BCUT2D eigenvalue weighted by molar-refractivity contribution is 9.12. The Morgan fingerprint density at radius 1 is 1.28 bits per heavy atom. The zero-order chi connectivity index (χ0) is 17.7. The lowest BCUT2D eigenvalue weighted by Crippen LogP contribution is -2.36. The van der Waals surface area contributed by atoms with Crippen LogP contribution in [0.5, 0.6) is 0 Å². The minimum absolute atomic E-state index is 0.00680. The summed E-state index contributed by atoms with van der Waals surface area (Å²) in [6.07, 6.45) is 4.64. The minimum atomic E-state index is -0.645. The normalized spacial score (nSPS) is 25.7. The maximum Gasteiger partial charge on any atom is 0.351 e. The van der Waals surface area contributed by atoms with Crippen molar-refractivity contribution in [1.29, 1.82) is 0 Å². The molecule has 9 heteroatoms. The van der Waals surface area contributed by atoms with Gasteiger partial charge in [0.1, 0.15) is 11.0 Å². The molecule has 3 atom stereocenters. The molecule has 1 aliphatic heterocycles. The Labute approximate surface area is 167 Å². The van der Waals surface area contributed by atoms with Crippen molar-refractivity contribution in [3.63, 3.8) is 0 Å². The van der Waals surface area contributed by atoms with E-state index in [1.165, 1.54) is 17.6 Å². The van der Waals surface area contributed by atoms with Gasteiger partial charge in [0.2, 0.25) is 0 Å². The van der Waals surface area contributed by atoms with Gasteiger partial charge in [-0.3, -0.25) is 4.79 Å². The smallest absolute Gasteiger partial charge is 0.351 e. The standard InChI is InChI=1S/C16H11Br2FO4S2/c17-13-9-10(19)12(24-11(9)14(18)25-13)16(21)23-7-1-2-8-6(5-7)3-4-22-15(8)20/h3-4,6-8H,1-2,5H2. The average Bonchev–Trinajstić information content (AvgIpc) is 3.06. The highest BCUT2D eigenvalue weighted by Crippen LogP contribution is 2.46. The summed E-state index contributed by atoms with van der Waals surface area (Å²) in [5, 5.41) is 0.412. The summed E-state index contributed by atoms with van der Waals surface area (Å²) >= 11 is 9.17. The van der Waals surface area contributed by atoms with Gasteiger partial charge in [-0.25, -0.2) is 9.18 Å². The van der Waals surface area contributed by atoms with Crippen molar-refractivity contribution in [3.8, 4) is 0 Å². The number of carbonyl (C=O) groups is 2. The van der Waals surface area contributed by atoms with Crippen LogP contribution in [0.1, 0.15) is 28.9 Å². The Morgan fingerprint density at radius 2 is 2.08 bits per heavy atom. The summed E-state index contributed by atoms with van der Waals surface area (Å²) in [6.45, 7) is 0. The van der Waals surface area contributed by atoms with Gasteiger partial charge in [0, 0.05) is 0 Å². The second-order valence-electron chi connectivity index (χ2n) is 5.97. The highest BCUT2D eigenvalue weighted by Gasteiger charge is 2.38. The SMILES string of the molecule is O=C(OC1CCC2C(=O)OC=CC2C1)c1sc2c(Br)sc(Br)c2c1F. The number of esters is 2. The summed E-state index contributed by atoms with van der Waals surface area (Å²) < 4.78 is 27.2. The van der Waals surface area contributed by atoms with Crippen molar-refractivity contribution < 1.29 is 23.5 Å². The number of halogens is 3. The summed E-state index contributed by atoms with van der Waals surface area (Å²) in [4.78, 5) is 24.2. The number of allylic oxidation sites excluding steroid dienone is 1. The molecule has 4 nitrogen and oxygen atoms in total. The van der Waals surface area contributed by atoms with E-state index in [9.17, 15) is 14.0 Å². The Kier molecular flexibility index (Phi) is 4.76. The second-order valence-corrected chi connectivity index (χ2v) is 10.7. The number of fused-ring (bicyclic) bond motifs is 2. The number of hydrogen-bond donors (Lipinski definition) is 0. The first-order chi connectivity index (χ1) is 12.0. The van der Waals surface area contributed by atoms with E-state index in [1.54, 1.807) is 0 Å². The van der Waals surface area contributed by atoms with Crippen LogP contribution in [0.25, 0.3) is 10.1 Å². The molecule has 1 saturated carbocycles. The fourth-order valence-corrected chi connectivity index (χ4v) is 7.74. The molecule has 0 N–H and O–H groups in total. The first-order valence-electron chi connectivity index (χ1n) is 7.59. The molecule has 2 aromatic heterocycles. The lowest BCUT2D eigenvalue weighted by atomic mass is 9.77. The van der Waals surface area contributed by atoms with E-state index in [2.05, 4.69) is 31.9 Å². The molecule has 4 rings (SSSR count). The van der Waals surface area contributed by atoms with Crippen LogP contribution in [0.4, 0.5) is 4.39 Å². The summed E-state index contributed by atoms with van der Waals surface area (Å²) in [5.74, 6) is -1.58. The minimum Gasteiger partial charge on any atom is -0.458 e. The molecular weight excluding hydrogens is 499 g/mol. The maximum absolute atomic E-state index is 14.6. The number of ether oxygens (including phenoxy) is 2. The van der Waals surface area contributed by atoms with Crippen LogP contribution in [0, 0.1) is 17.7 Å². The number of hydrogen-bond acceptors (Lipinski definition) is 6. The monoisotopic (exact) mass is 508 g/mol. The van der Waals surface area contributed by atoms with E-state index in [4.69, 9.17) is 9.47 Å². The molecule has 25 heavy (non-hydrogen) atoms. The van der Waals surface area contributed by atoms with Gasteiger partial charge in [-0.1, -0.05) is 0 Å². The Morgan fingerprint density at radius 3 is 2.84 bits per heavy atom. The van der Waals surface area contributed by atoms with Crippen LogP contribution < -0.4 is 0 Å². The largest absolute Gasteiger partial charge is 0.458 e. The molecule has 0 bridgehead atoms. The summed E-state index contributed by atoms with van der Waals surface area (Å²) in [5.41, 5.74) is 0. The van der Waals surface area contributed by atoms with E-state index < -0.39 is 11.8 Å². The molecule has 0 saturated heterocycles. The van der Waals surface area contributed by atoms with Gasteiger partial charge in [0.05, 0.1) is 29.8 Å². The van der Waals surface area contributed by atoms with Gasteiger partial charge < -0.3 is 9.47 Å². The Balaban J connectivity index is 1.52. The number of cyclic esters (lactones) is 1. The van der Waals surface area contributed by atoms with Crippen LogP contribution in [-0.2, 0) is 14.3 Å². The van der Waals surface area contributed by atoms with Gasteiger partial charge >= 0.3 is 11.9 Å². The second kappa shape index (κ2) is 6.75. The molecule has 0 spiro atoms. The fourth-order valence-electron chi connectivity index (χ4n) is 3.31. The van der Waals surface area contributed by atoms with E-state index in [0.29, 0.717) is 33.1 Å². The third kappa shape index (κ3) is 3.09. The lowest BCUT2D eigenvalue weighted by molar-refractivity contribution is -0.147. The van der Waals surface area contributed by atoms with Crippen LogP contribution >= 0.6 is 54.5 Å². The van der Waals surface area contributed by atoms with Crippen LogP contribution in [-0.4, -0.2) is 18.0 Å².